The summed E-state index contributed by atoms with van der Waals surface area (Å²) in [4.78, 5) is 76.5. The molecular formula is C23H23N11O7S3. The molecule has 0 saturated carbocycles. The van der Waals surface area contributed by atoms with Gasteiger partial charge in [0.2, 0.25) is 17.5 Å². The summed E-state index contributed by atoms with van der Waals surface area (Å²) in [7, 11) is 1.64. The van der Waals surface area contributed by atoms with E-state index >= 15 is 0 Å². The lowest BCUT2D eigenvalue weighted by Gasteiger charge is -2.53. The molecule has 3 aromatic rings. The van der Waals surface area contributed by atoms with Crippen molar-refractivity contribution in [1.82, 2.24) is 40.4 Å². The van der Waals surface area contributed by atoms with Crippen LogP contribution in [0.1, 0.15) is 5.69 Å². The SMILES string of the molecule is Cn1nnnc1SCC1(C(=O)O)CS[C@@H]2C(NC(=O)C(=NOCC(=O)Nc3cccnc3)c3csc(NC=O)n3)C(=O)N2C1. The van der Waals surface area contributed by atoms with Crippen molar-refractivity contribution in [2.75, 3.05) is 35.3 Å². The number of amides is 4. The van der Waals surface area contributed by atoms with E-state index < -0.39 is 47.1 Å². The normalized spacial score (nSPS) is 21.1. The molecule has 0 aromatic carbocycles. The van der Waals surface area contributed by atoms with Crippen molar-refractivity contribution in [1.29, 1.82) is 0 Å². The molecule has 2 saturated heterocycles. The molecule has 0 aliphatic carbocycles. The fourth-order valence-electron chi connectivity index (χ4n) is 4.15. The predicted octanol–water partition coefficient (Wildman–Crippen LogP) is -0.747. The highest BCUT2D eigenvalue weighted by molar-refractivity contribution is 8.00. The largest absolute Gasteiger partial charge is 0.481 e. The summed E-state index contributed by atoms with van der Waals surface area (Å²) in [5.74, 6) is -2.62. The minimum absolute atomic E-state index is 0.0321. The third-order valence-electron chi connectivity index (χ3n) is 6.39. The Hall–Kier alpha value is -4.63. The van der Waals surface area contributed by atoms with Crippen LogP contribution in [0.5, 0.6) is 0 Å². The number of carbonyl (C=O) groups excluding carboxylic acids is 4. The first-order valence-electron chi connectivity index (χ1n) is 12.6. The molecule has 0 radical (unpaired) electrons. The van der Waals surface area contributed by atoms with E-state index in [1.807, 2.05) is 0 Å². The Balaban J connectivity index is 1.25. The first-order chi connectivity index (χ1) is 21.2. The molecule has 4 N–H and O–H groups in total. The Labute approximate surface area is 260 Å². The molecule has 2 aliphatic heterocycles. The average molecular weight is 662 g/mol. The van der Waals surface area contributed by atoms with Crippen LogP contribution in [0, 0.1) is 5.41 Å². The second kappa shape index (κ2) is 13.3. The van der Waals surface area contributed by atoms with Gasteiger partial charge in [0.05, 0.1) is 11.9 Å². The zero-order valence-electron chi connectivity index (χ0n) is 22.6. The van der Waals surface area contributed by atoms with E-state index in [2.05, 4.69) is 46.6 Å². The molecule has 5 rings (SSSR count). The molecule has 21 heteroatoms. The van der Waals surface area contributed by atoms with Crippen molar-refractivity contribution >= 4 is 81.5 Å². The fraction of sp³-hybridized carbons (Fsp3) is 0.348. The zero-order valence-corrected chi connectivity index (χ0v) is 25.1. The van der Waals surface area contributed by atoms with Crippen molar-refractivity contribution in [3.8, 4) is 0 Å². The first-order valence-corrected chi connectivity index (χ1v) is 15.5. The van der Waals surface area contributed by atoms with Crippen LogP contribution < -0.4 is 16.0 Å². The molecule has 3 aromatic heterocycles. The summed E-state index contributed by atoms with van der Waals surface area (Å²) in [6.45, 7) is -0.615. The Morgan fingerprint density at radius 3 is 2.91 bits per heavy atom. The van der Waals surface area contributed by atoms with Crippen LogP contribution in [-0.2, 0) is 35.9 Å². The molecule has 0 spiro atoms. The van der Waals surface area contributed by atoms with E-state index in [4.69, 9.17) is 4.84 Å². The van der Waals surface area contributed by atoms with Crippen LogP contribution >= 0.6 is 34.9 Å². The van der Waals surface area contributed by atoms with Crippen LogP contribution in [0.3, 0.4) is 0 Å². The maximum absolute atomic E-state index is 13.3. The van der Waals surface area contributed by atoms with Crippen LogP contribution in [0.15, 0.2) is 40.2 Å². The lowest BCUT2D eigenvalue weighted by Crippen LogP contribution is -2.74. The molecule has 2 fully saturated rings. The topological polar surface area (TPSA) is 236 Å². The van der Waals surface area contributed by atoms with Gasteiger partial charge in [-0.05, 0) is 22.6 Å². The van der Waals surface area contributed by atoms with Gasteiger partial charge < -0.3 is 30.8 Å². The van der Waals surface area contributed by atoms with Gasteiger partial charge in [-0.2, -0.15) is 0 Å². The van der Waals surface area contributed by atoms with Crippen LogP contribution in [-0.4, -0.2) is 112 Å². The summed E-state index contributed by atoms with van der Waals surface area (Å²) in [5, 5.41) is 34.1. The van der Waals surface area contributed by atoms with Gasteiger partial charge in [-0.25, -0.2) is 9.67 Å². The number of aromatic nitrogens is 6. The van der Waals surface area contributed by atoms with Crippen LogP contribution in [0.25, 0.3) is 0 Å². The third kappa shape index (κ3) is 6.63. The number of aliphatic carboxylic acids is 1. The van der Waals surface area contributed by atoms with E-state index in [0.29, 0.717) is 17.3 Å². The highest BCUT2D eigenvalue weighted by atomic mass is 32.2. The van der Waals surface area contributed by atoms with Gasteiger partial charge in [0, 0.05) is 36.7 Å². The Kier molecular flexibility index (Phi) is 9.35. The summed E-state index contributed by atoms with van der Waals surface area (Å²) in [5.41, 5.74) is -1.14. The van der Waals surface area contributed by atoms with E-state index in [1.165, 1.54) is 44.7 Å². The predicted molar refractivity (Wildman–Crippen MR) is 157 cm³/mol. The van der Waals surface area contributed by atoms with Crippen molar-refractivity contribution in [2.24, 2.45) is 17.6 Å². The van der Waals surface area contributed by atoms with Gasteiger partial charge in [0.25, 0.3) is 11.8 Å². The summed E-state index contributed by atoms with van der Waals surface area (Å²) in [6, 6.07) is 2.29. The van der Waals surface area contributed by atoms with Crippen molar-refractivity contribution in [2.45, 2.75) is 16.6 Å². The van der Waals surface area contributed by atoms with Crippen molar-refractivity contribution in [3.63, 3.8) is 0 Å². The number of aryl methyl sites for hydroxylation is 1. The highest BCUT2D eigenvalue weighted by Crippen LogP contribution is 2.44. The number of thiazole rings is 1. The average Bonchev–Trinajstić information content (AvgIpc) is 3.65. The van der Waals surface area contributed by atoms with E-state index in [-0.39, 0.29) is 34.6 Å². The number of oxime groups is 1. The Morgan fingerprint density at radius 2 is 2.20 bits per heavy atom. The summed E-state index contributed by atoms with van der Waals surface area (Å²) >= 11 is 3.42. The fourth-order valence-corrected chi connectivity index (χ4v) is 7.52. The molecule has 44 heavy (non-hydrogen) atoms. The standard InChI is InChI=1S/C23H23N11O7S3/c1-33-22(29-31-32-33)44-10-23(20(39)40)8-34-18(38)16(19(34)43-9-23)28-17(37)15(13-7-42-21(27-13)25-11-35)30-41-6-14(36)26-12-3-2-4-24-5-12/h2-5,7,11,16,19H,6,8-10H2,1H3,(H,26,36)(H,28,37)(H,39,40)(H,25,27,35)/t16?,19-,23?/m1/s1. The molecule has 0 bridgehead atoms. The number of thioether (sulfide) groups is 2. The lowest BCUT2D eigenvalue weighted by atomic mass is 9.89. The second-order valence-electron chi connectivity index (χ2n) is 9.38. The van der Waals surface area contributed by atoms with Crippen molar-refractivity contribution < 1.29 is 33.9 Å². The number of hydrogen-bond donors (Lipinski definition) is 4. The van der Waals surface area contributed by atoms with E-state index in [1.54, 1.807) is 25.4 Å². The van der Waals surface area contributed by atoms with E-state index in [9.17, 15) is 29.1 Å². The maximum Gasteiger partial charge on any atom is 0.313 e. The Morgan fingerprint density at radius 1 is 1.36 bits per heavy atom. The third-order valence-corrected chi connectivity index (χ3v) is 10.0. The molecule has 4 amide bonds. The number of nitrogens with zero attached hydrogens (tertiary/aromatic N) is 8. The number of anilines is 2. The van der Waals surface area contributed by atoms with Gasteiger partial charge >= 0.3 is 5.97 Å². The molecular weight excluding hydrogens is 639 g/mol. The molecule has 5 heterocycles. The molecule has 230 valence electrons. The van der Waals surface area contributed by atoms with Gasteiger partial charge in [0.1, 0.15) is 22.5 Å². The molecule has 3 atom stereocenters. The van der Waals surface area contributed by atoms with Gasteiger partial charge in [-0.3, -0.25) is 29.0 Å². The number of tetrazole rings is 1. The number of pyridine rings is 1. The Bertz CT molecular complexity index is 1600. The van der Waals surface area contributed by atoms with Gasteiger partial charge in [-0.1, -0.05) is 16.9 Å². The molecule has 2 aliphatic rings. The minimum Gasteiger partial charge on any atom is -0.481 e. The van der Waals surface area contributed by atoms with E-state index in [0.717, 1.165) is 11.3 Å². The first kappa shape index (κ1) is 30.8. The van der Waals surface area contributed by atoms with Crippen molar-refractivity contribution in [3.05, 3.63) is 35.6 Å². The summed E-state index contributed by atoms with van der Waals surface area (Å²) < 4.78 is 1.43. The van der Waals surface area contributed by atoms with Crippen LogP contribution in [0.4, 0.5) is 10.8 Å². The number of carboxylic acids is 1. The van der Waals surface area contributed by atoms with Gasteiger partial charge in [0.15, 0.2) is 17.5 Å². The second-order valence-corrected chi connectivity index (χ2v) is 12.3. The number of β-lactam (4-membered cyclic amide) rings is 1. The zero-order chi connectivity index (χ0) is 31.3. The number of fused-ring (bicyclic) bond motifs is 1. The number of hydrogen-bond acceptors (Lipinski definition) is 15. The van der Waals surface area contributed by atoms with Gasteiger partial charge in [-0.15, -0.1) is 28.2 Å². The minimum atomic E-state index is -1.26. The quantitative estimate of drug-likeness (QED) is 0.0580. The number of carboxylic acid groups (broad SMARTS) is 1. The number of nitrogens with one attached hydrogen (secondary N) is 3. The highest BCUT2D eigenvalue weighted by Gasteiger charge is 2.57. The maximum atomic E-state index is 13.3. The lowest BCUT2D eigenvalue weighted by molar-refractivity contribution is -0.157. The molecule has 18 nitrogen and oxygen atoms in total. The van der Waals surface area contributed by atoms with Crippen LogP contribution in [0.2, 0.25) is 0 Å². The molecule has 2 unspecified atom stereocenters. The smallest absolute Gasteiger partial charge is 0.313 e. The summed E-state index contributed by atoms with van der Waals surface area (Å²) in [6.07, 6.45) is 3.40. The monoisotopic (exact) mass is 661 g/mol. The number of rotatable bonds is 13. The number of carbonyl (C=O) groups is 5.